The maximum absolute atomic E-state index is 11.6. The highest BCUT2D eigenvalue weighted by molar-refractivity contribution is 6.74. The molecular formula is C16H26O2Si. The van der Waals surface area contributed by atoms with Crippen LogP contribution in [0.3, 0.4) is 0 Å². The molecule has 0 heterocycles. The first-order valence-corrected chi connectivity index (χ1v) is 9.99. The predicted octanol–water partition coefficient (Wildman–Crippen LogP) is 4.24. The number of carbonyl (C=O) groups excluding carboxylic acids is 1. The molecule has 1 atom stereocenters. The Morgan fingerprint density at radius 1 is 1.32 bits per heavy atom. The van der Waals surface area contributed by atoms with Crippen molar-refractivity contribution in [3.63, 3.8) is 0 Å². The van der Waals surface area contributed by atoms with Gasteiger partial charge < -0.3 is 4.43 Å². The summed E-state index contributed by atoms with van der Waals surface area (Å²) in [6.07, 6.45) is 4.66. The number of allylic oxidation sites excluding steroid dienone is 1. The van der Waals surface area contributed by atoms with Crippen molar-refractivity contribution in [1.29, 1.82) is 0 Å². The van der Waals surface area contributed by atoms with E-state index in [9.17, 15) is 4.79 Å². The molecule has 0 bridgehead atoms. The van der Waals surface area contributed by atoms with Crippen LogP contribution in [0.2, 0.25) is 18.1 Å². The fourth-order valence-corrected chi connectivity index (χ4v) is 3.97. The maximum Gasteiger partial charge on any atom is 0.192 e. The van der Waals surface area contributed by atoms with Crippen LogP contribution < -0.4 is 0 Å². The summed E-state index contributed by atoms with van der Waals surface area (Å²) in [7, 11) is -1.83. The fraction of sp³-hybridized carbons (Fsp3) is 0.688. The third-order valence-electron chi connectivity index (χ3n) is 4.78. The van der Waals surface area contributed by atoms with Crippen LogP contribution in [0, 0.1) is 5.41 Å². The van der Waals surface area contributed by atoms with E-state index in [1.807, 2.05) is 0 Å². The van der Waals surface area contributed by atoms with E-state index < -0.39 is 8.32 Å². The van der Waals surface area contributed by atoms with E-state index in [2.05, 4.69) is 53.8 Å². The topological polar surface area (TPSA) is 26.3 Å². The molecule has 0 aliphatic heterocycles. The highest BCUT2D eigenvalue weighted by atomic mass is 28.4. The van der Waals surface area contributed by atoms with Crippen molar-refractivity contribution in [2.45, 2.75) is 65.3 Å². The zero-order chi connectivity index (χ0) is 14.6. The van der Waals surface area contributed by atoms with Gasteiger partial charge in [0.05, 0.1) is 6.10 Å². The van der Waals surface area contributed by atoms with Crippen LogP contribution >= 0.6 is 0 Å². The lowest BCUT2D eigenvalue weighted by molar-refractivity contribution is -0.113. The number of carbonyl (C=O) groups is 1. The number of rotatable bonds is 2. The molecule has 0 fully saturated rings. The smallest absolute Gasteiger partial charge is 0.192 e. The van der Waals surface area contributed by atoms with Gasteiger partial charge in [0.15, 0.2) is 14.1 Å². The van der Waals surface area contributed by atoms with Gasteiger partial charge in [-0.1, -0.05) is 40.7 Å². The molecule has 0 saturated carbocycles. The van der Waals surface area contributed by atoms with Crippen LogP contribution in [0.4, 0.5) is 0 Å². The first kappa shape index (κ1) is 14.7. The Kier molecular flexibility index (Phi) is 3.22. The summed E-state index contributed by atoms with van der Waals surface area (Å²) >= 11 is 0. The molecule has 19 heavy (non-hydrogen) atoms. The molecule has 0 amide bonds. The van der Waals surface area contributed by atoms with Crippen molar-refractivity contribution >= 4 is 14.1 Å². The first-order valence-electron chi connectivity index (χ1n) is 7.08. The normalized spacial score (nSPS) is 26.3. The number of hydrogen-bond donors (Lipinski definition) is 0. The Morgan fingerprint density at radius 3 is 2.42 bits per heavy atom. The zero-order valence-corrected chi connectivity index (χ0v) is 14.3. The van der Waals surface area contributed by atoms with Crippen LogP contribution in [0.5, 0.6) is 0 Å². The first-order chi connectivity index (χ1) is 8.44. The number of hydrogen-bond acceptors (Lipinski definition) is 2. The molecule has 0 aromatic rings. The molecule has 0 saturated heterocycles. The minimum atomic E-state index is -1.83. The summed E-state index contributed by atoms with van der Waals surface area (Å²) in [5.74, 6) is 0.223. The second-order valence-corrected chi connectivity index (χ2v) is 12.7. The van der Waals surface area contributed by atoms with Gasteiger partial charge in [-0.15, -0.1) is 0 Å². The predicted molar refractivity (Wildman–Crippen MR) is 81.6 cm³/mol. The summed E-state index contributed by atoms with van der Waals surface area (Å²) in [6, 6.07) is 0. The van der Waals surface area contributed by atoms with E-state index in [1.165, 1.54) is 5.57 Å². The minimum absolute atomic E-state index is 0.00259. The van der Waals surface area contributed by atoms with Gasteiger partial charge in [-0.3, -0.25) is 4.79 Å². The van der Waals surface area contributed by atoms with E-state index in [0.29, 0.717) is 6.42 Å². The van der Waals surface area contributed by atoms with E-state index in [0.717, 1.165) is 5.57 Å². The lowest BCUT2D eigenvalue weighted by Gasteiger charge is -2.42. The van der Waals surface area contributed by atoms with Gasteiger partial charge in [-0.25, -0.2) is 0 Å². The Labute approximate surface area is 118 Å². The second kappa shape index (κ2) is 4.16. The monoisotopic (exact) mass is 278 g/mol. The highest BCUT2D eigenvalue weighted by Gasteiger charge is 2.47. The molecule has 3 heteroatoms. The van der Waals surface area contributed by atoms with E-state index in [1.54, 1.807) is 6.08 Å². The van der Waals surface area contributed by atoms with Crippen molar-refractivity contribution in [3.8, 4) is 0 Å². The SMILES string of the molecule is CC1(C)C=C2CC(=O)C=C2C1O[Si](C)(C)C(C)(C)C. The highest BCUT2D eigenvalue weighted by Crippen LogP contribution is 2.49. The standard InChI is InChI=1S/C16H26O2Si/c1-15(2,3)19(6,7)18-14-13-9-12(17)8-11(13)10-16(14,4)5/h9-10,14H,8H2,1-7H3. The van der Waals surface area contributed by atoms with Crippen molar-refractivity contribution in [3.05, 3.63) is 23.3 Å². The van der Waals surface area contributed by atoms with Gasteiger partial charge in [0.2, 0.25) is 0 Å². The molecule has 0 spiro atoms. The van der Waals surface area contributed by atoms with Gasteiger partial charge in [-0.2, -0.15) is 0 Å². The summed E-state index contributed by atoms with van der Waals surface area (Å²) in [4.78, 5) is 11.6. The van der Waals surface area contributed by atoms with Gasteiger partial charge in [-0.05, 0) is 35.4 Å². The summed E-state index contributed by atoms with van der Waals surface area (Å²) in [6.45, 7) is 15.7. The van der Waals surface area contributed by atoms with Gasteiger partial charge in [0, 0.05) is 11.8 Å². The molecule has 2 aliphatic rings. The Bertz CT molecular complexity index is 475. The lowest BCUT2D eigenvalue weighted by atomic mass is 9.89. The van der Waals surface area contributed by atoms with E-state index >= 15 is 0 Å². The minimum Gasteiger partial charge on any atom is -0.409 e. The Morgan fingerprint density at radius 2 is 1.89 bits per heavy atom. The van der Waals surface area contributed by atoms with E-state index in [4.69, 9.17) is 4.43 Å². The van der Waals surface area contributed by atoms with Crippen LogP contribution in [-0.2, 0) is 9.22 Å². The molecular weight excluding hydrogens is 252 g/mol. The molecule has 0 aromatic carbocycles. The summed E-state index contributed by atoms with van der Waals surface area (Å²) in [5.41, 5.74) is 2.33. The van der Waals surface area contributed by atoms with Crippen LogP contribution in [0.15, 0.2) is 23.3 Å². The van der Waals surface area contributed by atoms with Crippen molar-refractivity contribution in [2.24, 2.45) is 5.41 Å². The second-order valence-electron chi connectivity index (χ2n) is 7.99. The third-order valence-corrected chi connectivity index (χ3v) is 9.21. The van der Waals surface area contributed by atoms with Crippen LogP contribution in [-0.4, -0.2) is 20.2 Å². The fourth-order valence-electron chi connectivity index (χ4n) is 2.60. The summed E-state index contributed by atoms with van der Waals surface area (Å²) in [5, 5.41) is 0.189. The number of fused-ring (bicyclic) bond motifs is 1. The van der Waals surface area contributed by atoms with E-state index in [-0.39, 0.29) is 22.3 Å². The molecule has 0 N–H and O–H groups in total. The molecule has 0 radical (unpaired) electrons. The van der Waals surface area contributed by atoms with Crippen molar-refractivity contribution in [1.82, 2.24) is 0 Å². The largest absolute Gasteiger partial charge is 0.409 e. The third kappa shape index (κ3) is 2.50. The average molecular weight is 278 g/mol. The molecule has 2 rings (SSSR count). The van der Waals surface area contributed by atoms with Gasteiger partial charge in [0.25, 0.3) is 0 Å². The van der Waals surface area contributed by atoms with Crippen molar-refractivity contribution < 1.29 is 9.22 Å². The van der Waals surface area contributed by atoms with Crippen LogP contribution in [0.1, 0.15) is 41.0 Å². The van der Waals surface area contributed by atoms with Gasteiger partial charge >= 0.3 is 0 Å². The van der Waals surface area contributed by atoms with Gasteiger partial charge in [0.1, 0.15) is 0 Å². The van der Waals surface area contributed by atoms with Crippen molar-refractivity contribution in [2.75, 3.05) is 0 Å². The number of ketones is 1. The van der Waals surface area contributed by atoms with Crippen LogP contribution in [0.25, 0.3) is 0 Å². The molecule has 2 aliphatic carbocycles. The maximum atomic E-state index is 11.6. The molecule has 106 valence electrons. The Balaban J connectivity index is 2.30. The molecule has 1 unspecified atom stereocenters. The summed E-state index contributed by atoms with van der Waals surface area (Å²) < 4.78 is 6.61. The zero-order valence-electron chi connectivity index (χ0n) is 13.3. The Hall–Kier alpha value is -0.673. The lowest BCUT2D eigenvalue weighted by Crippen LogP contribution is -2.47. The average Bonchev–Trinajstić information content (AvgIpc) is 2.61. The molecule has 2 nitrogen and oxygen atoms in total. The quantitative estimate of drug-likeness (QED) is 0.706. The molecule has 0 aromatic heterocycles.